The zero-order valence-electron chi connectivity index (χ0n) is 19.4. The van der Waals surface area contributed by atoms with Crippen molar-refractivity contribution in [3.05, 3.63) is 91.4 Å². The summed E-state index contributed by atoms with van der Waals surface area (Å²) in [6, 6.07) is 18.0. The van der Waals surface area contributed by atoms with Crippen LogP contribution < -0.4 is 15.0 Å². The monoisotopic (exact) mass is 564 g/mol. The minimum atomic E-state index is -0.360. The third-order valence-corrected chi connectivity index (χ3v) is 7.29. The van der Waals surface area contributed by atoms with Crippen molar-refractivity contribution in [2.45, 2.75) is 6.54 Å². The highest BCUT2D eigenvalue weighted by Crippen LogP contribution is 2.32. The van der Waals surface area contributed by atoms with Gasteiger partial charge in [0.1, 0.15) is 0 Å². The SMILES string of the molecule is COc1ccc(-n2c(O)c(C=Nc3ccnn3Cc3ccc(Br)s3)c3ccccc3c2=O)cc1OC. The zero-order valence-corrected chi connectivity index (χ0v) is 21.8. The smallest absolute Gasteiger partial charge is 0.265 e. The van der Waals surface area contributed by atoms with Gasteiger partial charge in [-0.3, -0.25) is 4.79 Å². The van der Waals surface area contributed by atoms with Crippen LogP contribution in [0.3, 0.4) is 0 Å². The van der Waals surface area contributed by atoms with Crippen LogP contribution in [0, 0.1) is 0 Å². The second-order valence-corrected chi connectivity index (χ2v) is 10.3. The van der Waals surface area contributed by atoms with Crippen molar-refractivity contribution in [1.82, 2.24) is 14.3 Å². The lowest BCUT2D eigenvalue weighted by Crippen LogP contribution is -2.20. The van der Waals surface area contributed by atoms with E-state index < -0.39 is 0 Å². The number of ether oxygens (including phenoxy) is 2. The summed E-state index contributed by atoms with van der Waals surface area (Å²) in [7, 11) is 3.05. The summed E-state index contributed by atoms with van der Waals surface area (Å²) in [6.07, 6.45) is 3.24. The second-order valence-electron chi connectivity index (χ2n) is 7.77. The van der Waals surface area contributed by atoms with E-state index in [1.807, 2.05) is 18.2 Å². The maximum absolute atomic E-state index is 13.4. The summed E-state index contributed by atoms with van der Waals surface area (Å²) >= 11 is 5.11. The van der Waals surface area contributed by atoms with E-state index in [1.54, 1.807) is 70.9 Å². The first-order valence-electron chi connectivity index (χ1n) is 10.9. The molecular formula is C26H21BrN4O4S. The van der Waals surface area contributed by atoms with Crippen LogP contribution >= 0.6 is 27.3 Å². The first kappa shape index (κ1) is 23.8. The fourth-order valence-electron chi connectivity index (χ4n) is 3.97. The zero-order chi connectivity index (χ0) is 25.2. The van der Waals surface area contributed by atoms with Gasteiger partial charge < -0.3 is 14.6 Å². The molecule has 3 aromatic heterocycles. The molecule has 1 N–H and O–H groups in total. The summed E-state index contributed by atoms with van der Waals surface area (Å²) in [5.41, 5.74) is 0.483. The molecule has 8 nitrogen and oxygen atoms in total. The minimum Gasteiger partial charge on any atom is -0.494 e. The maximum atomic E-state index is 13.4. The van der Waals surface area contributed by atoms with Crippen LogP contribution in [0.25, 0.3) is 16.5 Å². The van der Waals surface area contributed by atoms with E-state index in [-0.39, 0.29) is 11.4 Å². The lowest BCUT2D eigenvalue weighted by Gasteiger charge is -2.15. The number of aliphatic imine (C=N–C) groups is 1. The number of aromatic nitrogens is 3. The number of hydrogen-bond acceptors (Lipinski definition) is 7. The molecule has 5 aromatic rings. The minimum absolute atomic E-state index is 0.233. The average molecular weight is 565 g/mol. The highest BCUT2D eigenvalue weighted by molar-refractivity contribution is 9.11. The van der Waals surface area contributed by atoms with Crippen LogP contribution in [0.2, 0.25) is 0 Å². The number of methoxy groups -OCH3 is 2. The highest BCUT2D eigenvalue weighted by Gasteiger charge is 2.18. The van der Waals surface area contributed by atoms with Crippen LogP contribution in [0.4, 0.5) is 5.82 Å². The molecule has 0 radical (unpaired) electrons. The van der Waals surface area contributed by atoms with Gasteiger partial charge in [-0.2, -0.15) is 5.10 Å². The first-order valence-corrected chi connectivity index (χ1v) is 12.5. The molecule has 0 aliphatic rings. The number of benzene rings is 2. The first-order chi connectivity index (χ1) is 17.5. The third kappa shape index (κ3) is 4.40. The second kappa shape index (κ2) is 10.00. The van der Waals surface area contributed by atoms with Gasteiger partial charge in [0, 0.05) is 34.0 Å². The van der Waals surface area contributed by atoms with E-state index in [4.69, 9.17) is 9.47 Å². The Bertz CT molecular complexity index is 1650. The number of nitrogens with zero attached hydrogens (tertiary/aromatic N) is 4. The standard InChI is InChI=1S/C26H21BrN4O4S/c1-34-21-9-7-16(13-22(21)35-2)31-25(32)19-6-4-3-5-18(19)20(26(31)33)14-28-24-11-12-29-30(24)15-17-8-10-23(27)36-17/h3-14,33H,15H2,1-2H3. The molecular weight excluding hydrogens is 544 g/mol. The molecule has 36 heavy (non-hydrogen) atoms. The molecule has 0 saturated carbocycles. The Morgan fingerprint density at radius 3 is 2.56 bits per heavy atom. The largest absolute Gasteiger partial charge is 0.494 e. The quantitative estimate of drug-likeness (QED) is 0.262. The molecule has 2 aromatic carbocycles. The molecule has 0 amide bonds. The Kier molecular flexibility index (Phi) is 6.62. The number of aromatic hydroxyl groups is 1. The molecule has 5 rings (SSSR count). The van der Waals surface area contributed by atoms with Gasteiger partial charge in [0.15, 0.2) is 17.3 Å². The summed E-state index contributed by atoms with van der Waals surface area (Å²) in [5, 5.41) is 16.7. The van der Waals surface area contributed by atoms with E-state index in [0.29, 0.717) is 45.9 Å². The molecule has 0 unspecified atom stereocenters. The van der Waals surface area contributed by atoms with Gasteiger partial charge in [-0.25, -0.2) is 14.2 Å². The van der Waals surface area contributed by atoms with Crippen molar-refractivity contribution in [2.24, 2.45) is 4.99 Å². The van der Waals surface area contributed by atoms with E-state index in [9.17, 15) is 9.90 Å². The number of thiophene rings is 1. The van der Waals surface area contributed by atoms with Gasteiger partial charge in [0.05, 0.1) is 42.0 Å². The van der Waals surface area contributed by atoms with E-state index in [1.165, 1.54) is 18.8 Å². The van der Waals surface area contributed by atoms with Crippen LogP contribution in [-0.4, -0.2) is 39.9 Å². The summed E-state index contributed by atoms with van der Waals surface area (Å²) < 4.78 is 14.8. The molecule has 0 fully saturated rings. The molecule has 0 saturated heterocycles. The lowest BCUT2D eigenvalue weighted by atomic mass is 10.1. The number of pyridine rings is 1. The molecule has 3 heterocycles. The van der Waals surface area contributed by atoms with Gasteiger partial charge in [-0.15, -0.1) is 11.3 Å². The normalized spacial score (nSPS) is 11.4. The molecule has 0 bridgehead atoms. The Hall–Kier alpha value is -3.89. The van der Waals surface area contributed by atoms with Crippen LogP contribution in [0.1, 0.15) is 10.4 Å². The van der Waals surface area contributed by atoms with Crippen molar-refractivity contribution in [3.8, 4) is 23.1 Å². The van der Waals surface area contributed by atoms with Crippen molar-refractivity contribution in [2.75, 3.05) is 14.2 Å². The maximum Gasteiger partial charge on any atom is 0.265 e. The Morgan fingerprint density at radius 1 is 1.06 bits per heavy atom. The average Bonchev–Trinajstić information content (AvgIpc) is 3.52. The summed E-state index contributed by atoms with van der Waals surface area (Å²) in [6.45, 7) is 0.563. The Labute approximate surface area is 218 Å². The third-order valence-electron chi connectivity index (χ3n) is 5.68. The van der Waals surface area contributed by atoms with Crippen LogP contribution in [0.15, 0.2) is 80.4 Å². The van der Waals surface area contributed by atoms with Crippen molar-refractivity contribution in [3.63, 3.8) is 0 Å². The fraction of sp³-hybridized carbons (Fsp3) is 0.115. The molecule has 0 aliphatic heterocycles. The lowest BCUT2D eigenvalue weighted by molar-refractivity contribution is 0.354. The highest BCUT2D eigenvalue weighted by atomic mass is 79.9. The van der Waals surface area contributed by atoms with Crippen molar-refractivity contribution >= 4 is 50.1 Å². The molecule has 10 heteroatoms. The van der Waals surface area contributed by atoms with Crippen LogP contribution in [0.5, 0.6) is 17.4 Å². The van der Waals surface area contributed by atoms with Crippen LogP contribution in [-0.2, 0) is 6.54 Å². The molecule has 0 atom stereocenters. The predicted octanol–water partition coefficient (Wildman–Crippen LogP) is 5.53. The summed E-state index contributed by atoms with van der Waals surface area (Å²) in [4.78, 5) is 19.2. The molecule has 0 spiro atoms. The van der Waals surface area contributed by atoms with E-state index in [0.717, 1.165) is 8.66 Å². The number of rotatable bonds is 7. The predicted molar refractivity (Wildman–Crippen MR) is 145 cm³/mol. The summed E-state index contributed by atoms with van der Waals surface area (Å²) in [5.74, 6) is 1.34. The van der Waals surface area contributed by atoms with Crippen molar-refractivity contribution in [1.29, 1.82) is 0 Å². The molecule has 0 aliphatic carbocycles. The Balaban J connectivity index is 1.63. The molecule has 182 valence electrons. The number of hydrogen-bond donors (Lipinski definition) is 1. The van der Waals surface area contributed by atoms with Gasteiger partial charge in [0.2, 0.25) is 5.88 Å². The fourth-order valence-corrected chi connectivity index (χ4v) is 5.43. The van der Waals surface area contributed by atoms with Gasteiger partial charge in [-0.05, 0) is 46.3 Å². The van der Waals surface area contributed by atoms with Crippen molar-refractivity contribution < 1.29 is 14.6 Å². The van der Waals surface area contributed by atoms with Gasteiger partial charge in [0.25, 0.3) is 5.56 Å². The topological polar surface area (TPSA) is 90.9 Å². The van der Waals surface area contributed by atoms with Gasteiger partial charge >= 0.3 is 0 Å². The number of halogens is 1. The van der Waals surface area contributed by atoms with E-state index in [2.05, 4.69) is 26.0 Å². The Morgan fingerprint density at radius 2 is 1.83 bits per heavy atom. The number of fused-ring (bicyclic) bond motifs is 1. The van der Waals surface area contributed by atoms with E-state index >= 15 is 0 Å². The van der Waals surface area contributed by atoms with Gasteiger partial charge in [-0.1, -0.05) is 18.2 Å².